The normalized spacial score (nSPS) is 17.9. The van der Waals surface area contributed by atoms with Gasteiger partial charge in [-0.05, 0) is 37.8 Å². The van der Waals surface area contributed by atoms with Gasteiger partial charge in [-0.15, -0.1) is 0 Å². The number of hydrogen-bond acceptors (Lipinski definition) is 2. The number of anilines is 1. The van der Waals surface area contributed by atoms with E-state index in [1.807, 2.05) is 6.20 Å². The third kappa shape index (κ3) is 2.03. The maximum Gasteiger partial charge on any atom is 0.128 e. The molecule has 0 amide bonds. The zero-order valence-electron chi connectivity index (χ0n) is 11.9. The van der Waals surface area contributed by atoms with E-state index in [4.69, 9.17) is 0 Å². The summed E-state index contributed by atoms with van der Waals surface area (Å²) in [5.74, 6) is 1.21. The smallest absolute Gasteiger partial charge is 0.128 e. The average Bonchev–Trinajstić information content (AvgIpc) is 2.82. The van der Waals surface area contributed by atoms with Crippen LogP contribution in [0, 0.1) is 13.8 Å². The van der Waals surface area contributed by atoms with Crippen molar-refractivity contribution in [1.82, 2.24) is 9.78 Å². The lowest BCUT2D eigenvalue weighted by Gasteiger charge is -2.28. The minimum Gasteiger partial charge on any atom is -0.370 e. The second-order valence-electron chi connectivity index (χ2n) is 5.41. The van der Waals surface area contributed by atoms with E-state index in [1.54, 1.807) is 0 Å². The molecule has 2 heterocycles. The molecule has 0 aliphatic carbocycles. The number of fused-ring (bicyclic) bond motifs is 1. The van der Waals surface area contributed by atoms with E-state index in [2.05, 4.69) is 54.1 Å². The first kappa shape index (κ1) is 12.3. The Bertz CT molecular complexity index is 598. The summed E-state index contributed by atoms with van der Waals surface area (Å²) in [5.41, 5.74) is 5.41. The summed E-state index contributed by atoms with van der Waals surface area (Å²) in [6.45, 7) is 7.55. The Balaban J connectivity index is 2.06. The molecule has 0 saturated heterocycles. The number of aryl methyl sites for hydroxylation is 3. The summed E-state index contributed by atoms with van der Waals surface area (Å²) in [6, 6.07) is 7.10. The lowest BCUT2D eigenvalue weighted by Crippen LogP contribution is -2.25. The van der Waals surface area contributed by atoms with Crippen molar-refractivity contribution in [3.8, 4) is 0 Å². The third-order valence-corrected chi connectivity index (χ3v) is 4.04. The first-order chi connectivity index (χ1) is 9.20. The van der Waals surface area contributed by atoms with E-state index >= 15 is 0 Å². The number of rotatable bonds is 2. The lowest BCUT2D eigenvalue weighted by molar-refractivity contribution is 0.479. The largest absolute Gasteiger partial charge is 0.370 e. The molecular weight excluding hydrogens is 234 g/mol. The molecule has 0 spiro atoms. The van der Waals surface area contributed by atoms with Crippen LogP contribution in [-0.2, 0) is 6.42 Å². The fraction of sp³-hybridized carbons (Fsp3) is 0.438. The molecule has 1 N–H and O–H groups in total. The molecule has 1 aliphatic heterocycles. The second-order valence-corrected chi connectivity index (χ2v) is 5.41. The molecule has 1 aromatic heterocycles. The Morgan fingerprint density at radius 3 is 2.95 bits per heavy atom. The lowest BCUT2D eigenvalue weighted by atomic mass is 9.96. The van der Waals surface area contributed by atoms with Gasteiger partial charge in [0.2, 0.25) is 0 Å². The van der Waals surface area contributed by atoms with Gasteiger partial charge in [0.15, 0.2) is 0 Å². The topological polar surface area (TPSA) is 29.9 Å². The van der Waals surface area contributed by atoms with E-state index in [-0.39, 0.29) is 0 Å². The number of nitrogens with one attached hydrogen (secondary N) is 1. The highest BCUT2D eigenvalue weighted by Gasteiger charge is 2.24. The van der Waals surface area contributed by atoms with Crippen LogP contribution in [-0.4, -0.2) is 16.3 Å². The second kappa shape index (κ2) is 4.72. The maximum absolute atomic E-state index is 4.60. The van der Waals surface area contributed by atoms with Gasteiger partial charge in [-0.2, -0.15) is 5.10 Å². The Morgan fingerprint density at radius 1 is 1.37 bits per heavy atom. The summed E-state index contributed by atoms with van der Waals surface area (Å²) < 4.78 is 2.17. The summed E-state index contributed by atoms with van der Waals surface area (Å²) in [6.07, 6.45) is 4.13. The van der Waals surface area contributed by atoms with Crippen LogP contribution in [0.1, 0.15) is 41.6 Å². The van der Waals surface area contributed by atoms with E-state index in [0.29, 0.717) is 6.04 Å². The predicted octanol–water partition coefficient (Wildman–Crippen LogP) is 3.47. The van der Waals surface area contributed by atoms with Crippen molar-refractivity contribution in [2.24, 2.45) is 0 Å². The van der Waals surface area contributed by atoms with E-state index in [0.717, 1.165) is 19.4 Å². The highest BCUT2D eigenvalue weighted by Crippen LogP contribution is 2.33. The molecule has 19 heavy (non-hydrogen) atoms. The van der Waals surface area contributed by atoms with Crippen molar-refractivity contribution in [3.05, 3.63) is 46.6 Å². The molecule has 3 rings (SSSR count). The molecule has 3 heteroatoms. The van der Waals surface area contributed by atoms with Gasteiger partial charge in [-0.1, -0.05) is 30.7 Å². The molecular formula is C16H21N3. The third-order valence-electron chi connectivity index (χ3n) is 4.04. The van der Waals surface area contributed by atoms with E-state index < -0.39 is 0 Å². The van der Waals surface area contributed by atoms with Gasteiger partial charge < -0.3 is 5.32 Å². The number of nitrogens with zero attached hydrogens (tertiary/aromatic N) is 2. The molecule has 0 bridgehead atoms. The Labute approximate surface area is 114 Å². The van der Waals surface area contributed by atoms with Crippen molar-refractivity contribution in [3.63, 3.8) is 0 Å². The fourth-order valence-corrected chi connectivity index (χ4v) is 3.02. The van der Waals surface area contributed by atoms with E-state index in [9.17, 15) is 0 Å². The molecule has 2 aromatic rings. The summed E-state index contributed by atoms with van der Waals surface area (Å²) >= 11 is 0. The number of aromatic nitrogens is 2. The van der Waals surface area contributed by atoms with Crippen molar-refractivity contribution >= 4 is 5.82 Å². The maximum atomic E-state index is 4.60. The first-order valence-corrected chi connectivity index (χ1v) is 7.08. The molecule has 100 valence electrons. The predicted molar refractivity (Wildman–Crippen MR) is 78.8 cm³/mol. The number of hydrogen-bond donors (Lipinski definition) is 1. The first-order valence-electron chi connectivity index (χ1n) is 7.08. The van der Waals surface area contributed by atoms with Crippen LogP contribution < -0.4 is 5.32 Å². The molecule has 1 atom stereocenters. The van der Waals surface area contributed by atoms with Crippen molar-refractivity contribution in [1.29, 1.82) is 0 Å². The fourth-order valence-electron chi connectivity index (χ4n) is 3.02. The minimum atomic E-state index is 0.372. The standard InChI is InChI=1S/C16H21N3/c1-4-13-10-18-19-15(7-8-17-16(13)19)14-6-5-11(2)9-12(14)3/h5-6,9-10,15,17H,4,7-8H2,1-3H3. The molecule has 0 fully saturated rings. The SMILES string of the molecule is CCc1cnn2c1NCCC2c1ccc(C)cc1C. The Morgan fingerprint density at radius 2 is 2.21 bits per heavy atom. The van der Waals surface area contributed by atoms with E-state index in [1.165, 1.54) is 28.1 Å². The van der Waals surface area contributed by atoms with Crippen molar-refractivity contribution in [2.45, 2.75) is 39.7 Å². The van der Waals surface area contributed by atoms with Gasteiger partial charge >= 0.3 is 0 Å². The minimum absolute atomic E-state index is 0.372. The van der Waals surface area contributed by atoms with Crippen molar-refractivity contribution in [2.75, 3.05) is 11.9 Å². The molecule has 1 aliphatic rings. The molecule has 0 saturated carbocycles. The van der Waals surface area contributed by atoms with Gasteiger partial charge in [0.05, 0.1) is 12.2 Å². The highest BCUT2D eigenvalue weighted by atomic mass is 15.4. The van der Waals surface area contributed by atoms with Crippen LogP contribution in [0.25, 0.3) is 0 Å². The molecule has 3 nitrogen and oxygen atoms in total. The van der Waals surface area contributed by atoms with Crippen LogP contribution in [0.15, 0.2) is 24.4 Å². The summed E-state index contributed by atoms with van der Waals surface area (Å²) in [4.78, 5) is 0. The number of benzene rings is 1. The Hall–Kier alpha value is -1.77. The summed E-state index contributed by atoms with van der Waals surface area (Å²) in [7, 11) is 0. The molecule has 1 aromatic carbocycles. The Kier molecular flexibility index (Phi) is 3.05. The molecule has 1 unspecified atom stereocenters. The zero-order valence-corrected chi connectivity index (χ0v) is 11.9. The molecule has 0 radical (unpaired) electrons. The monoisotopic (exact) mass is 255 g/mol. The summed E-state index contributed by atoms with van der Waals surface area (Å²) in [5, 5.41) is 8.10. The van der Waals surface area contributed by atoms with Gasteiger partial charge in [-0.25, -0.2) is 4.68 Å². The van der Waals surface area contributed by atoms with Gasteiger partial charge in [0.25, 0.3) is 0 Å². The highest BCUT2D eigenvalue weighted by molar-refractivity contribution is 5.48. The van der Waals surface area contributed by atoms with Gasteiger partial charge in [0, 0.05) is 12.1 Å². The van der Waals surface area contributed by atoms with Crippen molar-refractivity contribution < 1.29 is 0 Å². The van der Waals surface area contributed by atoms with Crippen LogP contribution in [0.3, 0.4) is 0 Å². The van der Waals surface area contributed by atoms with Gasteiger partial charge in [-0.3, -0.25) is 0 Å². The van der Waals surface area contributed by atoms with Crippen LogP contribution in [0.5, 0.6) is 0 Å². The van der Waals surface area contributed by atoms with Crippen LogP contribution >= 0.6 is 0 Å². The van der Waals surface area contributed by atoms with Crippen LogP contribution in [0.2, 0.25) is 0 Å². The quantitative estimate of drug-likeness (QED) is 0.890. The van der Waals surface area contributed by atoms with Gasteiger partial charge in [0.1, 0.15) is 5.82 Å². The van der Waals surface area contributed by atoms with Crippen LogP contribution in [0.4, 0.5) is 5.82 Å². The average molecular weight is 255 g/mol. The zero-order chi connectivity index (χ0) is 13.4.